The number of benzene rings is 1. The van der Waals surface area contributed by atoms with E-state index in [9.17, 15) is 4.79 Å². The highest BCUT2D eigenvalue weighted by Gasteiger charge is 2.08. The van der Waals surface area contributed by atoms with E-state index >= 15 is 0 Å². The minimum absolute atomic E-state index is 0.0281. The van der Waals surface area contributed by atoms with Crippen molar-refractivity contribution in [3.63, 3.8) is 0 Å². The predicted octanol–water partition coefficient (Wildman–Crippen LogP) is 4.00. The Morgan fingerprint density at radius 1 is 1.15 bits per heavy atom. The molecule has 0 aliphatic heterocycles. The highest BCUT2D eigenvalue weighted by atomic mass is 32.1. The van der Waals surface area contributed by atoms with Gasteiger partial charge in [0, 0.05) is 4.88 Å². The molecule has 1 amide bonds. The molecule has 0 aliphatic rings. The Bertz CT molecular complexity index is 612. The Hall–Kier alpha value is -1.81. The third kappa shape index (κ3) is 3.61. The van der Waals surface area contributed by atoms with Gasteiger partial charge < -0.3 is 10.1 Å². The number of ether oxygens (including phenoxy) is 1. The van der Waals surface area contributed by atoms with Crippen molar-refractivity contribution < 1.29 is 9.53 Å². The number of amides is 1. The topological polar surface area (TPSA) is 38.3 Å². The lowest BCUT2D eigenvalue weighted by molar-refractivity contribution is -0.118. The molecule has 0 spiro atoms. The second-order valence-electron chi connectivity index (χ2n) is 4.96. The van der Waals surface area contributed by atoms with Gasteiger partial charge in [-0.05, 0) is 56.5 Å². The van der Waals surface area contributed by atoms with Crippen LogP contribution in [-0.4, -0.2) is 12.5 Å². The minimum atomic E-state index is -0.132. The van der Waals surface area contributed by atoms with E-state index in [0.29, 0.717) is 0 Å². The standard InChI is InChI=1S/C16H19NO2S/c1-10-5-6-11(2)14(7-10)19-9-15(18)17-16-8-12(3)13(4)20-16/h5-8H,9H2,1-4H3,(H,17,18). The van der Waals surface area contributed by atoms with Crippen LogP contribution in [0, 0.1) is 27.7 Å². The smallest absolute Gasteiger partial charge is 0.262 e. The van der Waals surface area contributed by atoms with Gasteiger partial charge in [0.25, 0.3) is 5.91 Å². The molecule has 0 bridgehead atoms. The van der Waals surface area contributed by atoms with Crippen LogP contribution in [-0.2, 0) is 4.79 Å². The zero-order chi connectivity index (χ0) is 14.7. The zero-order valence-corrected chi connectivity index (χ0v) is 13.1. The van der Waals surface area contributed by atoms with Crippen molar-refractivity contribution >= 4 is 22.2 Å². The first-order valence-electron chi connectivity index (χ1n) is 6.52. The van der Waals surface area contributed by atoms with Crippen molar-refractivity contribution in [3.05, 3.63) is 45.8 Å². The number of nitrogens with one attached hydrogen (secondary N) is 1. The number of hydrogen-bond donors (Lipinski definition) is 1. The quantitative estimate of drug-likeness (QED) is 0.924. The molecule has 106 valence electrons. The van der Waals surface area contributed by atoms with E-state index in [1.807, 2.05) is 52.0 Å². The minimum Gasteiger partial charge on any atom is -0.483 e. The molecule has 4 heteroatoms. The lowest BCUT2D eigenvalue weighted by Crippen LogP contribution is -2.19. The van der Waals surface area contributed by atoms with Gasteiger partial charge in [0.1, 0.15) is 5.75 Å². The van der Waals surface area contributed by atoms with E-state index in [-0.39, 0.29) is 12.5 Å². The Morgan fingerprint density at radius 3 is 2.55 bits per heavy atom. The van der Waals surface area contributed by atoms with Crippen molar-refractivity contribution in [1.82, 2.24) is 0 Å². The summed E-state index contributed by atoms with van der Waals surface area (Å²) in [5.74, 6) is 0.630. The van der Waals surface area contributed by atoms with E-state index in [1.165, 1.54) is 10.4 Å². The van der Waals surface area contributed by atoms with E-state index in [0.717, 1.165) is 21.9 Å². The van der Waals surface area contributed by atoms with Crippen LogP contribution in [0.4, 0.5) is 5.00 Å². The SMILES string of the molecule is Cc1ccc(C)c(OCC(=O)Nc2cc(C)c(C)s2)c1. The summed E-state index contributed by atoms with van der Waals surface area (Å²) in [7, 11) is 0. The van der Waals surface area contributed by atoms with Crippen molar-refractivity contribution in [2.24, 2.45) is 0 Å². The van der Waals surface area contributed by atoms with Crippen molar-refractivity contribution in [2.75, 3.05) is 11.9 Å². The molecule has 1 heterocycles. The van der Waals surface area contributed by atoms with Gasteiger partial charge in [0.2, 0.25) is 0 Å². The number of anilines is 1. The van der Waals surface area contributed by atoms with Gasteiger partial charge in [-0.15, -0.1) is 11.3 Å². The van der Waals surface area contributed by atoms with Crippen molar-refractivity contribution in [1.29, 1.82) is 0 Å². The highest BCUT2D eigenvalue weighted by molar-refractivity contribution is 7.16. The van der Waals surface area contributed by atoms with E-state index in [1.54, 1.807) is 11.3 Å². The lowest BCUT2D eigenvalue weighted by Gasteiger charge is -2.09. The molecule has 3 nitrogen and oxygen atoms in total. The number of thiophene rings is 1. The summed E-state index contributed by atoms with van der Waals surface area (Å²) in [4.78, 5) is 13.1. The lowest BCUT2D eigenvalue weighted by atomic mass is 10.1. The third-order valence-electron chi connectivity index (χ3n) is 3.13. The van der Waals surface area contributed by atoms with E-state index in [4.69, 9.17) is 4.74 Å². The summed E-state index contributed by atoms with van der Waals surface area (Å²) in [6.07, 6.45) is 0. The largest absolute Gasteiger partial charge is 0.483 e. The van der Waals surface area contributed by atoms with Gasteiger partial charge >= 0.3 is 0 Å². The van der Waals surface area contributed by atoms with Crippen LogP contribution in [0.25, 0.3) is 0 Å². The summed E-state index contributed by atoms with van der Waals surface area (Å²) in [5, 5.41) is 3.73. The van der Waals surface area contributed by atoms with Crippen molar-refractivity contribution in [3.8, 4) is 5.75 Å². The van der Waals surface area contributed by atoms with Crippen LogP contribution >= 0.6 is 11.3 Å². The first kappa shape index (κ1) is 14.6. The molecule has 20 heavy (non-hydrogen) atoms. The van der Waals surface area contributed by atoms with Crippen LogP contribution < -0.4 is 10.1 Å². The molecule has 1 aromatic carbocycles. The average Bonchev–Trinajstić information content (AvgIpc) is 2.69. The van der Waals surface area contributed by atoms with Crippen molar-refractivity contribution in [2.45, 2.75) is 27.7 Å². The van der Waals surface area contributed by atoms with Crippen LogP contribution in [0.5, 0.6) is 5.75 Å². The fourth-order valence-electron chi connectivity index (χ4n) is 1.81. The number of carbonyl (C=O) groups is 1. The van der Waals surface area contributed by atoms with Crippen LogP contribution in [0.15, 0.2) is 24.3 Å². The van der Waals surface area contributed by atoms with Crippen LogP contribution in [0.1, 0.15) is 21.6 Å². The normalized spacial score (nSPS) is 10.4. The van der Waals surface area contributed by atoms with Gasteiger partial charge in [-0.1, -0.05) is 12.1 Å². The molecular weight excluding hydrogens is 270 g/mol. The molecule has 0 radical (unpaired) electrons. The fraction of sp³-hybridized carbons (Fsp3) is 0.312. The molecule has 2 rings (SSSR count). The molecule has 0 atom stereocenters. The maximum Gasteiger partial charge on any atom is 0.262 e. The highest BCUT2D eigenvalue weighted by Crippen LogP contribution is 2.25. The average molecular weight is 289 g/mol. The Kier molecular flexibility index (Phi) is 4.45. The summed E-state index contributed by atoms with van der Waals surface area (Å²) in [5.41, 5.74) is 3.35. The molecule has 0 fully saturated rings. The zero-order valence-electron chi connectivity index (χ0n) is 12.2. The number of hydrogen-bond acceptors (Lipinski definition) is 3. The third-order valence-corrected chi connectivity index (χ3v) is 4.20. The first-order valence-corrected chi connectivity index (χ1v) is 7.34. The molecule has 1 N–H and O–H groups in total. The number of aryl methyl sites for hydroxylation is 4. The van der Waals surface area contributed by atoms with Gasteiger partial charge in [0.15, 0.2) is 6.61 Å². The molecule has 0 unspecified atom stereocenters. The maximum absolute atomic E-state index is 11.9. The molecule has 1 aromatic heterocycles. The summed E-state index contributed by atoms with van der Waals surface area (Å²) < 4.78 is 5.58. The van der Waals surface area contributed by atoms with E-state index in [2.05, 4.69) is 5.32 Å². The molecule has 0 aliphatic carbocycles. The van der Waals surface area contributed by atoms with Crippen LogP contribution in [0.3, 0.4) is 0 Å². The number of carbonyl (C=O) groups excluding carboxylic acids is 1. The summed E-state index contributed by atoms with van der Waals surface area (Å²) in [6.45, 7) is 8.08. The fourth-order valence-corrected chi connectivity index (χ4v) is 2.76. The Balaban J connectivity index is 1.93. The molecule has 0 saturated heterocycles. The maximum atomic E-state index is 11.9. The monoisotopic (exact) mass is 289 g/mol. The Labute approximate surface area is 123 Å². The second kappa shape index (κ2) is 6.09. The number of rotatable bonds is 4. The van der Waals surface area contributed by atoms with Gasteiger partial charge in [-0.2, -0.15) is 0 Å². The van der Waals surface area contributed by atoms with E-state index < -0.39 is 0 Å². The van der Waals surface area contributed by atoms with Gasteiger partial charge in [0.05, 0.1) is 5.00 Å². The molecule has 0 saturated carbocycles. The first-order chi connectivity index (χ1) is 9.45. The second-order valence-corrected chi connectivity index (χ2v) is 6.21. The summed E-state index contributed by atoms with van der Waals surface area (Å²) in [6, 6.07) is 7.95. The van der Waals surface area contributed by atoms with Gasteiger partial charge in [-0.3, -0.25) is 4.79 Å². The molecule has 2 aromatic rings. The predicted molar refractivity (Wildman–Crippen MR) is 83.8 cm³/mol. The Morgan fingerprint density at radius 2 is 1.90 bits per heavy atom. The van der Waals surface area contributed by atoms with Gasteiger partial charge in [-0.25, -0.2) is 0 Å². The van der Waals surface area contributed by atoms with Crippen LogP contribution in [0.2, 0.25) is 0 Å². The molecular formula is C16H19NO2S. The summed E-state index contributed by atoms with van der Waals surface area (Å²) >= 11 is 1.58.